The summed E-state index contributed by atoms with van der Waals surface area (Å²) in [4.78, 5) is 1.99. The molecule has 0 saturated heterocycles. The van der Waals surface area contributed by atoms with Crippen molar-refractivity contribution in [3.05, 3.63) is 18.2 Å². The summed E-state index contributed by atoms with van der Waals surface area (Å²) < 4.78 is 5.59. The topological polar surface area (TPSA) is 62.3 Å². The number of anilines is 2. The highest BCUT2D eigenvalue weighted by molar-refractivity contribution is 5.73. The minimum absolute atomic E-state index is 0.0328. The highest BCUT2D eigenvalue weighted by Crippen LogP contribution is 2.32. The fourth-order valence-corrected chi connectivity index (χ4v) is 1.75. The zero-order chi connectivity index (χ0) is 13.5. The van der Waals surface area contributed by atoms with Crippen molar-refractivity contribution in [2.75, 3.05) is 30.8 Å². The Kier molecular flexibility index (Phi) is 5.31. The highest BCUT2D eigenvalue weighted by atomic mass is 16.5. The van der Waals surface area contributed by atoms with E-state index < -0.39 is 0 Å². The molecule has 0 amide bonds. The van der Waals surface area contributed by atoms with Crippen LogP contribution in [0.5, 0.6) is 5.75 Å². The third kappa shape index (κ3) is 3.56. The van der Waals surface area contributed by atoms with Crippen molar-refractivity contribution in [2.45, 2.75) is 20.3 Å². The number of para-hydroxylation sites is 1. The van der Waals surface area contributed by atoms with E-state index in [1.807, 2.05) is 37.1 Å². The van der Waals surface area contributed by atoms with Crippen LogP contribution in [-0.4, -0.2) is 20.2 Å². The van der Waals surface area contributed by atoms with Crippen LogP contribution < -0.4 is 15.4 Å². The fourth-order valence-electron chi connectivity index (χ4n) is 1.75. The summed E-state index contributed by atoms with van der Waals surface area (Å²) in [6, 6.07) is 7.95. The molecule has 0 aliphatic heterocycles. The summed E-state index contributed by atoms with van der Waals surface area (Å²) in [6.07, 6.45) is 0.949. The molecule has 0 fully saturated rings. The minimum atomic E-state index is -0.0328. The van der Waals surface area contributed by atoms with Gasteiger partial charge in [0, 0.05) is 13.6 Å². The fraction of sp³-hybridized carbons (Fsp3) is 0.500. The number of nitrogens with zero attached hydrogens (tertiary/aromatic N) is 2. The van der Waals surface area contributed by atoms with Crippen molar-refractivity contribution < 1.29 is 4.74 Å². The lowest BCUT2D eigenvalue weighted by atomic mass is 10.1. The molecule has 1 atom stereocenters. The van der Waals surface area contributed by atoms with Crippen LogP contribution in [0.3, 0.4) is 0 Å². The highest BCUT2D eigenvalue weighted by Gasteiger charge is 2.12. The molecule has 0 bridgehead atoms. The van der Waals surface area contributed by atoms with Crippen molar-refractivity contribution in [3.63, 3.8) is 0 Å². The maximum absolute atomic E-state index is 8.84. The third-order valence-electron chi connectivity index (χ3n) is 2.68. The number of nitriles is 1. The maximum Gasteiger partial charge on any atom is 0.144 e. The van der Waals surface area contributed by atoms with Gasteiger partial charge in [-0.1, -0.05) is 13.0 Å². The molecule has 0 spiro atoms. The van der Waals surface area contributed by atoms with Gasteiger partial charge in [0.25, 0.3) is 0 Å². The van der Waals surface area contributed by atoms with E-state index in [1.165, 1.54) is 0 Å². The summed E-state index contributed by atoms with van der Waals surface area (Å²) >= 11 is 0. The van der Waals surface area contributed by atoms with Gasteiger partial charge in [0.2, 0.25) is 0 Å². The van der Waals surface area contributed by atoms with E-state index in [9.17, 15) is 0 Å². The first kappa shape index (κ1) is 14.2. The van der Waals surface area contributed by atoms with Gasteiger partial charge in [-0.25, -0.2) is 0 Å². The van der Waals surface area contributed by atoms with E-state index in [0.29, 0.717) is 24.6 Å². The Morgan fingerprint density at radius 1 is 1.50 bits per heavy atom. The average molecular weight is 247 g/mol. The summed E-state index contributed by atoms with van der Waals surface area (Å²) in [5.74, 6) is 0.681. The molecule has 0 heterocycles. The molecule has 4 heteroatoms. The lowest BCUT2D eigenvalue weighted by molar-refractivity contribution is 0.319. The summed E-state index contributed by atoms with van der Waals surface area (Å²) in [6.45, 7) is 5.26. The first-order valence-electron chi connectivity index (χ1n) is 6.22. The van der Waals surface area contributed by atoms with E-state index in [2.05, 4.69) is 13.0 Å². The molecule has 1 unspecified atom stereocenters. The molecular weight excluding hydrogens is 226 g/mol. The molecular formula is C14H21N3O. The van der Waals surface area contributed by atoms with Gasteiger partial charge in [0.05, 0.1) is 30.0 Å². The average Bonchev–Trinajstić information content (AvgIpc) is 2.37. The second-order valence-corrected chi connectivity index (χ2v) is 4.45. The van der Waals surface area contributed by atoms with Crippen molar-refractivity contribution in [1.29, 1.82) is 5.26 Å². The first-order chi connectivity index (χ1) is 8.60. The Bertz CT molecular complexity index is 426. The van der Waals surface area contributed by atoms with Crippen molar-refractivity contribution in [2.24, 2.45) is 5.92 Å². The number of rotatable bonds is 6. The quantitative estimate of drug-likeness (QED) is 0.785. The molecule has 0 aromatic heterocycles. The van der Waals surface area contributed by atoms with Crippen LogP contribution in [0.15, 0.2) is 18.2 Å². The van der Waals surface area contributed by atoms with E-state index in [1.54, 1.807) is 0 Å². The lowest BCUT2D eigenvalue weighted by Gasteiger charge is -2.23. The standard InChI is InChI=1S/C14H21N3O/c1-4-8-18-13-7-5-6-12(14(13)16)17(3)10-11(2)9-15/h5-7,11H,4,8,10,16H2,1-3H3. The molecule has 2 N–H and O–H groups in total. The van der Waals surface area contributed by atoms with Crippen LogP contribution >= 0.6 is 0 Å². The summed E-state index contributed by atoms with van der Waals surface area (Å²) in [5, 5.41) is 8.84. The van der Waals surface area contributed by atoms with Gasteiger partial charge in [-0.05, 0) is 25.5 Å². The van der Waals surface area contributed by atoms with Crippen molar-refractivity contribution >= 4 is 11.4 Å². The van der Waals surface area contributed by atoms with E-state index >= 15 is 0 Å². The number of ether oxygens (including phenoxy) is 1. The predicted octanol–water partition coefficient (Wildman–Crippen LogP) is 2.65. The third-order valence-corrected chi connectivity index (χ3v) is 2.68. The predicted molar refractivity (Wildman–Crippen MR) is 74.7 cm³/mol. The normalized spacial score (nSPS) is 11.7. The zero-order valence-corrected chi connectivity index (χ0v) is 11.3. The van der Waals surface area contributed by atoms with Crippen LogP contribution in [0.25, 0.3) is 0 Å². The zero-order valence-electron chi connectivity index (χ0n) is 11.3. The second-order valence-electron chi connectivity index (χ2n) is 4.45. The Labute approximate surface area is 109 Å². The Morgan fingerprint density at radius 2 is 2.22 bits per heavy atom. The number of hydrogen-bond donors (Lipinski definition) is 1. The van der Waals surface area contributed by atoms with Crippen LogP contribution in [0.2, 0.25) is 0 Å². The van der Waals surface area contributed by atoms with E-state index in [0.717, 1.165) is 12.1 Å². The molecule has 98 valence electrons. The minimum Gasteiger partial charge on any atom is -0.491 e. The molecule has 0 aliphatic carbocycles. The number of hydrogen-bond acceptors (Lipinski definition) is 4. The van der Waals surface area contributed by atoms with Gasteiger partial charge in [-0.15, -0.1) is 0 Å². The monoisotopic (exact) mass is 247 g/mol. The number of nitrogens with two attached hydrogens (primary N) is 1. The Hall–Kier alpha value is -1.89. The smallest absolute Gasteiger partial charge is 0.144 e. The van der Waals surface area contributed by atoms with E-state index in [4.69, 9.17) is 15.7 Å². The number of nitrogen functional groups attached to an aromatic ring is 1. The Balaban J connectivity index is 2.86. The molecule has 1 aromatic carbocycles. The molecule has 1 rings (SSSR count). The largest absolute Gasteiger partial charge is 0.491 e. The van der Waals surface area contributed by atoms with Gasteiger partial charge >= 0.3 is 0 Å². The van der Waals surface area contributed by atoms with Crippen LogP contribution in [0.4, 0.5) is 11.4 Å². The molecule has 0 radical (unpaired) electrons. The maximum atomic E-state index is 8.84. The summed E-state index contributed by atoms with van der Waals surface area (Å²) in [5.41, 5.74) is 7.64. The SMILES string of the molecule is CCCOc1cccc(N(C)CC(C)C#N)c1N. The lowest BCUT2D eigenvalue weighted by Crippen LogP contribution is -2.24. The molecule has 1 aromatic rings. The molecule has 0 aliphatic rings. The molecule has 18 heavy (non-hydrogen) atoms. The van der Waals surface area contributed by atoms with Crippen LogP contribution in [-0.2, 0) is 0 Å². The van der Waals surface area contributed by atoms with Gasteiger partial charge in [-0.3, -0.25) is 0 Å². The van der Waals surface area contributed by atoms with Crippen LogP contribution in [0, 0.1) is 17.2 Å². The van der Waals surface area contributed by atoms with Gasteiger partial charge in [0.1, 0.15) is 5.75 Å². The summed E-state index contributed by atoms with van der Waals surface area (Å²) in [7, 11) is 1.93. The van der Waals surface area contributed by atoms with Gasteiger partial charge < -0.3 is 15.4 Å². The second kappa shape index (κ2) is 6.75. The van der Waals surface area contributed by atoms with Crippen molar-refractivity contribution in [3.8, 4) is 11.8 Å². The van der Waals surface area contributed by atoms with E-state index in [-0.39, 0.29) is 5.92 Å². The Morgan fingerprint density at radius 3 is 2.83 bits per heavy atom. The first-order valence-corrected chi connectivity index (χ1v) is 6.22. The van der Waals surface area contributed by atoms with Gasteiger partial charge in [0.15, 0.2) is 0 Å². The van der Waals surface area contributed by atoms with Crippen molar-refractivity contribution in [1.82, 2.24) is 0 Å². The molecule has 4 nitrogen and oxygen atoms in total. The number of benzene rings is 1. The molecule has 0 saturated carbocycles. The van der Waals surface area contributed by atoms with Crippen LogP contribution in [0.1, 0.15) is 20.3 Å². The van der Waals surface area contributed by atoms with Gasteiger partial charge in [-0.2, -0.15) is 5.26 Å².